The van der Waals surface area contributed by atoms with Crippen molar-refractivity contribution in [2.45, 2.75) is 31.3 Å². The number of rotatable bonds is 8. The minimum Gasteiger partial charge on any atom is -0.383 e. The van der Waals surface area contributed by atoms with Crippen LogP contribution in [0.3, 0.4) is 0 Å². The monoisotopic (exact) mass is 318 g/mol. The first-order valence-electron chi connectivity index (χ1n) is 6.76. The van der Waals surface area contributed by atoms with E-state index < -0.39 is 21.9 Å². The highest BCUT2D eigenvalue weighted by atomic mass is 32.2. The Kier molecular flexibility index (Phi) is 6.73. The number of benzene rings is 1. The summed E-state index contributed by atoms with van der Waals surface area (Å²) in [6.45, 7) is 4.45. The molecule has 1 atom stereocenters. The Balaban J connectivity index is 3.01. The number of hydrogen-bond donors (Lipinski definition) is 2. The molecule has 1 aromatic carbocycles. The zero-order valence-corrected chi connectivity index (χ0v) is 13.6. The lowest BCUT2D eigenvalue weighted by atomic mass is 10.1. The minimum atomic E-state index is -3.91. The van der Waals surface area contributed by atoms with Gasteiger partial charge >= 0.3 is 0 Å². The zero-order valence-electron chi connectivity index (χ0n) is 12.8. The maximum absolute atomic E-state index is 14.0. The van der Waals surface area contributed by atoms with Crippen molar-refractivity contribution in [3.63, 3.8) is 0 Å². The largest absolute Gasteiger partial charge is 0.383 e. The van der Waals surface area contributed by atoms with Crippen LogP contribution < -0.4 is 10.0 Å². The molecule has 7 heteroatoms. The Morgan fingerprint density at radius 1 is 1.33 bits per heavy atom. The molecule has 120 valence electrons. The van der Waals surface area contributed by atoms with Crippen molar-refractivity contribution in [2.75, 3.05) is 20.8 Å². The van der Waals surface area contributed by atoms with Gasteiger partial charge in [-0.05, 0) is 30.7 Å². The maximum Gasteiger partial charge on any atom is 0.243 e. The van der Waals surface area contributed by atoms with E-state index in [-0.39, 0.29) is 17.4 Å². The summed E-state index contributed by atoms with van der Waals surface area (Å²) in [7, 11) is -0.679. The van der Waals surface area contributed by atoms with Crippen molar-refractivity contribution in [1.29, 1.82) is 0 Å². The molecule has 0 amide bonds. The lowest BCUT2D eigenvalue weighted by Crippen LogP contribution is -2.41. The summed E-state index contributed by atoms with van der Waals surface area (Å²) in [6.07, 6.45) is 0. The third-order valence-electron chi connectivity index (χ3n) is 3.12. The molecule has 0 saturated carbocycles. The Hall–Kier alpha value is -1.02. The molecule has 5 nitrogen and oxygen atoms in total. The lowest BCUT2D eigenvalue weighted by Gasteiger charge is -2.21. The van der Waals surface area contributed by atoms with Crippen LogP contribution in [-0.4, -0.2) is 35.2 Å². The van der Waals surface area contributed by atoms with Crippen LogP contribution in [0.4, 0.5) is 4.39 Å². The van der Waals surface area contributed by atoms with Gasteiger partial charge < -0.3 is 10.1 Å². The van der Waals surface area contributed by atoms with E-state index in [2.05, 4.69) is 10.0 Å². The molecule has 0 bridgehead atoms. The first-order valence-corrected chi connectivity index (χ1v) is 8.24. The number of sulfonamides is 1. The van der Waals surface area contributed by atoms with Gasteiger partial charge in [0.25, 0.3) is 0 Å². The van der Waals surface area contributed by atoms with E-state index in [0.717, 1.165) is 0 Å². The third kappa shape index (κ3) is 5.03. The molecular formula is C14H23FN2O3S. The molecule has 0 fully saturated rings. The lowest BCUT2D eigenvalue weighted by molar-refractivity contribution is 0.157. The van der Waals surface area contributed by atoms with Crippen LogP contribution in [0.1, 0.15) is 19.4 Å². The standard InChI is InChI=1S/C14H23FN2O3S/c1-10(2)13(9-20-4)17-21(18,19)14-6-5-11(8-16-3)7-12(14)15/h5-7,10,13,16-17H,8-9H2,1-4H3. The smallest absolute Gasteiger partial charge is 0.243 e. The van der Waals surface area contributed by atoms with Crippen molar-refractivity contribution >= 4 is 10.0 Å². The summed E-state index contributed by atoms with van der Waals surface area (Å²) in [5, 5.41) is 2.89. The molecule has 1 rings (SSSR count). The van der Waals surface area contributed by atoms with Gasteiger partial charge in [0.1, 0.15) is 10.7 Å². The second-order valence-electron chi connectivity index (χ2n) is 5.22. The first kappa shape index (κ1) is 18.0. The van der Waals surface area contributed by atoms with Crippen LogP contribution in [0.2, 0.25) is 0 Å². The van der Waals surface area contributed by atoms with Crippen LogP contribution in [0.15, 0.2) is 23.1 Å². The average Bonchev–Trinajstić information content (AvgIpc) is 2.38. The SMILES string of the molecule is CNCc1ccc(S(=O)(=O)NC(COC)C(C)C)c(F)c1. The highest BCUT2D eigenvalue weighted by molar-refractivity contribution is 7.89. The number of hydrogen-bond acceptors (Lipinski definition) is 4. The molecule has 21 heavy (non-hydrogen) atoms. The van der Waals surface area contributed by atoms with Gasteiger partial charge in [-0.1, -0.05) is 19.9 Å². The van der Waals surface area contributed by atoms with Crippen molar-refractivity contribution in [2.24, 2.45) is 5.92 Å². The van der Waals surface area contributed by atoms with E-state index in [1.54, 1.807) is 13.1 Å². The zero-order chi connectivity index (χ0) is 16.0. The van der Waals surface area contributed by atoms with Crippen LogP contribution in [-0.2, 0) is 21.3 Å². The molecule has 0 heterocycles. The first-order chi connectivity index (χ1) is 9.81. The molecule has 0 aliphatic carbocycles. The number of methoxy groups -OCH3 is 1. The molecule has 0 aliphatic rings. The molecule has 0 aliphatic heterocycles. The third-order valence-corrected chi connectivity index (χ3v) is 4.65. The van der Waals surface area contributed by atoms with Crippen LogP contribution in [0.25, 0.3) is 0 Å². The quantitative estimate of drug-likeness (QED) is 0.762. The van der Waals surface area contributed by atoms with E-state index in [4.69, 9.17) is 4.74 Å². The fraction of sp³-hybridized carbons (Fsp3) is 0.571. The topological polar surface area (TPSA) is 67.4 Å². The van der Waals surface area contributed by atoms with Crippen LogP contribution in [0.5, 0.6) is 0 Å². The van der Waals surface area contributed by atoms with Crippen molar-refractivity contribution in [3.8, 4) is 0 Å². The van der Waals surface area contributed by atoms with Gasteiger partial charge in [0.2, 0.25) is 10.0 Å². The molecule has 0 radical (unpaired) electrons. The van der Waals surface area contributed by atoms with Crippen molar-refractivity contribution in [3.05, 3.63) is 29.6 Å². The molecule has 1 unspecified atom stereocenters. The number of ether oxygens (including phenoxy) is 1. The van der Waals surface area contributed by atoms with Gasteiger partial charge in [0, 0.05) is 19.7 Å². The maximum atomic E-state index is 14.0. The predicted molar refractivity (Wildman–Crippen MR) is 80.0 cm³/mol. The number of halogens is 1. The van der Waals surface area contributed by atoms with Gasteiger partial charge in [0.15, 0.2) is 0 Å². The molecular weight excluding hydrogens is 295 g/mol. The van der Waals surface area contributed by atoms with E-state index >= 15 is 0 Å². The predicted octanol–water partition coefficient (Wildman–Crippen LogP) is 1.49. The Morgan fingerprint density at radius 3 is 2.48 bits per heavy atom. The minimum absolute atomic E-state index is 0.0337. The van der Waals surface area contributed by atoms with Crippen molar-refractivity contribution < 1.29 is 17.5 Å². The normalized spacial score (nSPS) is 13.6. The van der Waals surface area contributed by atoms with Crippen LogP contribution in [0, 0.1) is 11.7 Å². The van der Waals surface area contributed by atoms with Crippen LogP contribution >= 0.6 is 0 Å². The van der Waals surface area contributed by atoms with Gasteiger partial charge in [0.05, 0.1) is 6.61 Å². The fourth-order valence-electron chi connectivity index (χ4n) is 1.88. The second-order valence-corrected chi connectivity index (χ2v) is 6.90. The molecule has 0 spiro atoms. The van der Waals surface area contributed by atoms with Crippen molar-refractivity contribution in [1.82, 2.24) is 10.0 Å². The summed E-state index contributed by atoms with van der Waals surface area (Å²) in [5.41, 5.74) is 0.686. The summed E-state index contributed by atoms with van der Waals surface area (Å²) in [4.78, 5) is -0.343. The summed E-state index contributed by atoms with van der Waals surface area (Å²) in [5.74, 6) is -0.721. The number of nitrogens with one attached hydrogen (secondary N) is 2. The Bertz CT molecular complexity index is 561. The molecule has 2 N–H and O–H groups in total. The fourth-order valence-corrected chi connectivity index (χ4v) is 3.31. The Morgan fingerprint density at radius 2 is 2.00 bits per heavy atom. The highest BCUT2D eigenvalue weighted by Crippen LogP contribution is 2.17. The average molecular weight is 318 g/mol. The van der Waals surface area contributed by atoms with E-state index in [1.807, 2.05) is 13.8 Å². The van der Waals surface area contributed by atoms with Gasteiger partial charge in [-0.25, -0.2) is 17.5 Å². The second kappa shape index (κ2) is 7.84. The Labute approximate surface area is 125 Å². The highest BCUT2D eigenvalue weighted by Gasteiger charge is 2.25. The summed E-state index contributed by atoms with van der Waals surface area (Å²) in [6, 6.07) is 3.70. The van der Waals surface area contributed by atoms with E-state index in [1.165, 1.54) is 19.2 Å². The summed E-state index contributed by atoms with van der Waals surface area (Å²) >= 11 is 0. The van der Waals surface area contributed by atoms with E-state index in [0.29, 0.717) is 12.1 Å². The summed E-state index contributed by atoms with van der Waals surface area (Å²) < 4.78 is 46.1. The molecule has 0 saturated heterocycles. The van der Waals surface area contributed by atoms with Gasteiger partial charge in [-0.2, -0.15) is 0 Å². The van der Waals surface area contributed by atoms with Gasteiger partial charge in [-0.15, -0.1) is 0 Å². The van der Waals surface area contributed by atoms with Gasteiger partial charge in [-0.3, -0.25) is 0 Å². The molecule has 0 aromatic heterocycles. The van der Waals surface area contributed by atoms with E-state index in [9.17, 15) is 12.8 Å². The molecule has 1 aromatic rings.